The first-order chi connectivity index (χ1) is 13.1. The summed E-state index contributed by atoms with van der Waals surface area (Å²) < 4.78 is 1.94. The molecule has 0 bridgehead atoms. The van der Waals surface area contributed by atoms with Crippen molar-refractivity contribution in [3.8, 4) is 11.4 Å². The second-order valence-corrected chi connectivity index (χ2v) is 7.32. The Labute approximate surface area is 164 Å². The molecule has 3 rings (SSSR count). The third kappa shape index (κ3) is 4.92. The number of thioether (sulfide) groups is 1. The average molecular weight is 403 g/mol. The van der Waals surface area contributed by atoms with Gasteiger partial charge < -0.3 is 15.2 Å². The van der Waals surface area contributed by atoms with Crippen LogP contribution in [0, 0.1) is 0 Å². The molecule has 27 heavy (non-hydrogen) atoms. The predicted molar refractivity (Wildman–Crippen MR) is 107 cm³/mol. The molecule has 0 saturated carbocycles. The fraction of sp³-hybridized carbons (Fsp3) is 0.235. The molecule has 0 aliphatic heterocycles. The Morgan fingerprint density at radius 2 is 2.11 bits per heavy atom. The fourth-order valence-electron chi connectivity index (χ4n) is 2.40. The van der Waals surface area contributed by atoms with Gasteiger partial charge in [0, 0.05) is 36.3 Å². The number of benzene rings is 1. The van der Waals surface area contributed by atoms with Crippen molar-refractivity contribution < 1.29 is 9.59 Å². The zero-order valence-corrected chi connectivity index (χ0v) is 16.4. The van der Waals surface area contributed by atoms with Crippen LogP contribution in [0.5, 0.6) is 0 Å². The van der Waals surface area contributed by atoms with E-state index in [2.05, 4.69) is 25.8 Å². The van der Waals surface area contributed by atoms with Crippen LogP contribution in [0.1, 0.15) is 13.8 Å². The quantitative estimate of drug-likeness (QED) is 0.589. The van der Waals surface area contributed by atoms with Gasteiger partial charge in [-0.1, -0.05) is 23.9 Å². The van der Waals surface area contributed by atoms with E-state index in [-0.39, 0.29) is 17.6 Å². The summed E-state index contributed by atoms with van der Waals surface area (Å²) in [5, 5.41) is 17.0. The van der Waals surface area contributed by atoms with Gasteiger partial charge in [0.15, 0.2) is 16.1 Å². The highest BCUT2D eigenvalue weighted by Gasteiger charge is 2.15. The molecule has 0 aliphatic rings. The minimum absolute atomic E-state index is 0.133. The van der Waals surface area contributed by atoms with Crippen molar-refractivity contribution in [3.05, 3.63) is 35.8 Å². The minimum Gasteiger partial charge on any atom is -0.326 e. The normalized spacial score (nSPS) is 10.6. The summed E-state index contributed by atoms with van der Waals surface area (Å²) in [6.45, 7) is 4.11. The molecule has 0 saturated heterocycles. The second-order valence-electron chi connectivity index (χ2n) is 5.49. The molecule has 2 N–H and O–H groups in total. The van der Waals surface area contributed by atoms with Crippen molar-refractivity contribution in [1.29, 1.82) is 0 Å². The van der Waals surface area contributed by atoms with E-state index in [1.165, 1.54) is 30.0 Å². The highest BCUT2D eigenvalue weighted by Crippen LogP contribution is 2.26. The van der Waals surface area contributed by atoms with Crippen LogP contribution >= 0.6 is 23.1 Å². The Hall–Kier alpha value is -2.72. The zero-order chi connectivity index (χ0) is 19.2. The van der Waals surface area contributed by atoms with Gasteiger partial charge in [0.1, 0.15) is 0 Å². The minimum atomic E-state index is -0.144. The number of nitrogens with one attached hydrogen (secondary N) is 2. The summed E-state index contributed by atoms with van der Waals surface area (Å²) in [5.41, 5.74) is 1.54. The predicted octanol–water partition coefficient (Wildman–Crippen LogP) is 3.11. The number of aromatic nitrogens is 4. The van der Waals surface area contributed by atoms with Gasteiger partial charge in [-0.3, -0.25) is 9.59 Å². The molecule has 140 valence electrons. The molecule has 2 heterocycles. The molecular formula is C17H18N6O2S2. The summed E-state index contributed by atoms with van der Waals surface area (Å²) in [6.07, 6.45) is 1.64. The fourth-order valence-corrected chi connectivity index (χ4v) is 3.75. The molecule has 0 radical (unpaired) electrons. The number of anilines is 2. The van der Waals surface area contributed by atoms with Crippen molar-refractivity contribution in [2.45, 2.75) is 25.5 Å². The first-order valence-corrected chi connectivity index (χ1v) is 10.1. The summed E-state index contributed by atoms with van der Waals surface area (Å²) in [4.78, 5) is 27.3. The standard InChI is InChI=1S/C17H18N6O2S2/c1-3-23-15(12-5-4-6-13(9-12)19-11(2)24)21-22-17(23)27-10-14(25)20-16-18-7-8-26-16/h4-9H,3,10H2,1-2H3,(H,19,24)(H,18,20,25). The Balaban J connectivity index is 1.73. The first kappa shape index (κ1) is 19.1. The molecular weight excluding hydrogens is 384 g/mol. The van der Waals surface area contributed by atoms with Crippen molar-refractivity contribution in [2.24, 2.45) is 0 Å². The van der Waals surface area contributed by atoms with Gasteiger partial charge >= 0.3 is 0 Å². The monoisotopic (exact) mass is 402 g/mol. The number of thiazole rings is 1. The van der Waals surface area contributed by atoms with Crippen LogP contribution in [0.3, 0.4) is 0 Å². The highest BCUT2D eigenvalue weighted by atomic mass is 32.2. The maximum absolute atomic E-state index is 12.0. The van der Waals surface area contributed by atoms with E-state index in [0.717, 1.165) is 5.56 Å². The Morgan fingerprint density at radius 3 is 2.81 bits per heavy atom. The van der Waals surface area contributed by atoms with Crippen LogP contribution in [0.15, 0.2) is 41.0 Å². The molecule has 0 aliphatic carbocycles. The van der Waals surface area contributed by atoms with Crippen LogP contribution in [0.25, 0.3) is 11.4 Å². The van der Waals surface area contributed by atoms with Gasteiger partial charge in [-0.05, 0) is 19.1 Å². The van der Waals surface area contributed by atoms with Crippen LogP contribution in [0.4, 0.5) is 10.8 Å². The van der Waals surface area contributed by atoms with Gasteiger partial charge in [-0.15, -0.1) is 21.5 Å². The molecule has 0 fully saturated rings. The molecule has 2 amide bonds. The van der Waals surface area contributed by atoms with Gasteiger partial charge in [0.25, 0.3) is 0 Å². The molecule has 0 atom stereocenters. The summed E-state index contributed by atoms with van der Waals surface area (Å²) >= 11 is 2.69. The van der Waals surface area contributed by atoms with E-state index in [0.29, 0.717) is 28.3 Å². The van der Waals surface area contributed by atoms with Crippen molar-refractivity contribution in [3.63, 3.8) is 0 Å². The molecule has 8 nitrogen and oxygen atoms in total. The van der Waals surface area contributed by atoms with Gasteiger partial charge in [0.05, 0.1) is 5.75 Å². The van der Waals surface area contributed by atoms with Gasteiger partial charge in [-0.2, -0.15) is 0 Å². The summed E-state index contributed by atoms with van der Waals surface area (Å²) in [7, 11) is 0. The maximum atomic E-state index is 12.0. The molecule has 0 spiro atoms. The third-order valence-electron chi connectivity index (χ3n) is 3.49. The van der Waals surface area contributed by atoms with E-state index in [4.69, 9.17) is 0 Å². The lowest BCUT2D eigenvalue weighted by molar-refractivity contribution is -0.114. The number of carbonyl (C=O) groups excluding carboxylic acids is 2. The van der Waals surface area contributed by atoms with E-state index in [1.807, 2.05) is 35.8 Å². The van der Waals surface area contributed by atoms with Crippen LogP contribution in [-0.2, 0) is 16.1 Å². The topological polar surface area (TPSA) is 102 Å². The number of rotatable bonds is 7. The SMILES string of the molecule is CCn1c(SCC(=O)Nc2nccs2)nnc1-c1cccc(NC(C)=O)c1. The van der Waals surface area contributed by atoms with Crippen LogP contribution in [0.2, 0.25) is 0 Å². The molecule has 10 heteroatoms. The number of amides is 2. The summed E-state index contributed by atoms with van der Waals surface area (Å²) in [5.74, 6) is 0.623. The lowest BCUT2D eigenvalue weighted by atomic mass is 10.2. The maximum Gasteiger partial charge on any atom is 0.236 e. The first-order valence-electron chi connectivity index (χ1n) is 8.20. The zero-order valence-electron chi connectivity index (χ0n) is 14.8. The van der Waals surface area contributed by atoms with E-state index < -0.39 is 0 Å². The third-order valence-corrected chi connectivity index (χ3v) is 5.14. The average Bonchev–Trinajstić information content (AvgIpc) is 3.28. The van der Waals surface area contributed by atoms with Crippen LogP contribution < -0.4 is 10.6 Å². The second kappa shape index (κ2) is 8.78. The lowest BCUT2D eigenvalue weighted by Crippen LogP contribution is -2.14. The van der Waals surface area contributed by atoms with Crippen LogP contribution in [-0.4, -0.2) is 37.3 Å². The Morgan fingerprint density at radius 1 is 1.26 bits per heavy atom. The number of nitrogens with zero attached hydrogens (tertiary/aromatic N) is 4. The number of hydrogen-bond acceptors (Lipinski definition) is 7. The molecule has 3 aromatic rings. The Kier molecular flexibility index (Phi) is 6.20. The highest BCUT2D eigenvalue weighted by molar-refractivity contribution is 7.99. The van der Waals surface area contributed by atoms with Crippen molar-refractivity contribution in [1.82, 2.24) is 19.7 Å². The molecule has 1 aromatic carbocycles. The number of hydrogen-bond donors (Lipinski definition) is 2. The van der Waals surface area contributed by atoms with Gasteiger partial charge in [0.2, 0.25) is 11.8 Å². The number of carbonyl (C=O) groups is 2. The molecule has 2 aromatic heterocycles. The smallest absolute Gasteiger partial charge is 0.236 e. The summed E-state index contributed by atoms with van der Waals surface area (Å²) in [6, 6.07) is 7.42. The molecule has 0 unspecified atom stereocenters. The van der Waals surface area contributed by atoms with E-state index >= 15 is 0 Å². The lowest BCUT2D eigenvalue weighted by Gasteiger charge is -2.09. The largest absolute Gasteiger partial charge is 0.326 e. The van der Waals surface area contributed by atoms with Crippen molar-refractivity contribution in [2.75, 3.05) is 16.4 Å². The van der Waals surface area contributed by atoms with E-state index in [9.17, 15) is 9.59 Å². The van der Waals surface area contributed by atoms with Gasteiger partial charge in [-0.25, -0.2) is 4.98 Å². The van der Waals surface area contributed by atoms with Crippen molar-refractivity contribution >= 4 is 45.7 Å². The Bertz CT molecular complexity index is 939. The van der Waals surface area contributed by atoms with E-state index in [1.54, 1.807) is 11.6 Å².